The maximum atomic E-state index is 12.6. The number of benzene rings is 2. The fourth-order valence-corrected chi connectivity index (χ4v) is 3.91. The van der Waals surface area contributed by atoms with Crippen LogP contribution < -0.4 is 20.9 Å². The quantitative estimate of drug-likeness (QED) is 0.0717. The number of rotatable bonds is 13. The molecule has 0 aliphatic rings. The highest BCUT2D eigenvalue weighted by Gasteiger charge is 2.26. The van der Waals surface area contributed by atoms with Gasteiger partial charge in [-0.3, -0.25) is 4.79 Å². The van der Waals surface area contributed by atoms with Gasteiger partial charge < -0.3 is 36.4 Å². The van der Waals surface area contributed by atoms with Crippen molar-refractivity contribution < 1.29 is 38.1 Å². The van der Waals surface area contributed by atoms with Crippen LogP contribution in [0.2, 0.25) is 0 Å². The molecule has 2 aromatic rings. The Balaban J connectivity index is 1.97. The Bertz CT molecular complexity index is 1050. The zero-order chi connectivity index (χ0) is 24.4. The minimum Gasteiger partial charge on any atom is -0.493 e. The third-order valence-electron chi connectivity index (χ3n) is 4.24. The van der Waals surface area contributed by atoms with E-state index >= 15 is 0 Å². The van der Waals surface area contributed by atoms with Crippen LogP contribution in [-0.2, 0) is 26.1 Å². The predicted molar refractivity (Wildman–Crippen MR) is 117 cm³/mol. The van der Waals surface area contributed by atoms with E-state index < -0.39 is 28.3 Å². The molecule has 180 valence electrons. The van der Waals surface area contributed by atoms with E-state index in [2.05, 4.69) is 9.88 Å². The number of oxime groups is 1. The summed E-state index contributed by atoms with van der Waals surface area (Å²) in [5.74, 6) is -1.00. The van der Waals surface area contributed by atoms with Crippen molar-refractivity contribution in [3.8, 4) is 5.75 Å². The molecule has 12 nitrogen and oxygen atoms in total. The normalized spacial score (nSPS) is 12.2. The summed E-state index contributed by atoms with van der Waals surface area (Å²) in [6.45, 7) is 0.592. The predicted octanol–water partition coefficient (Wildman–Crippen LogP) is -0.382. The molecule has 0 aromatic heterocycles. The average molecular weight is 483 g/mol. The van der Waals surface area contributed by atoms with Crippen LogP contribution in [0.1, 0.15) is 23.8 Å². The van der Waals surface area contributed by atoms with Crippen LogP contribution in [0.3, 0.4) is 0 Å². The first-order valence-corrected chi connectivity index (χ1v) is 11.2. The Morgan fingerprint density at radius 2 is 1.79 bits per heavy atom. The van der Waals surface area contributed by atoms with Crippen molar-refractivity contribution in [2.24, 2.45) is 16.6 Å². The maximum absolute atomic E-state index is 12.6. The molecule has 33 heavy (non-hydrogen) atoms. The van der Waals surface area contributed by atoms with E-state index in [9.17, 15) is 28.5 Å². The van der Waals surface area contributed by atoms with Gasteiger partial charge in [-0.05, 0) is 41.4 Å². The first-order valence-electron chi connectivity index (χ1n) is 9.72. The summed E-state index contributed by atoms with van der Waals surface area (Å²) in [4.78, 5) is 16.2. The molecule has 0 bridgehead atoms. The Labute approximate surface area is 190 Å². The van der Waals surface area contributed by atoms with Gasteiger partial charge in [-0.2, -0.15) is 4.72 Å². The van der Waals surface area contributed by atoms with Crippen LogP contribution in [0, 0.1) is 0 Å². The molecule has 0 aliphatic carbocycles. The van der Waals surface area contributed by atoms with Gasteiger partial charge in [-0.1, -0.05) is 24.3 Å². The SMILES string of the molecule is NC(N)=NOCCCOc1ccc(C[C@H](NS(=O)(=O)c2cccc(C(O)O)c2)C(=O)O)cc1. The smallest absolute Gasteiger partial charge is 0.322 e. The van der Waals surface area contributed by atoms with E-state index in [-0.39, 0.29) is 29.4 Å². The third-order valence-corrected chi connectivity index (χ3v) is 5.71. The summed E-state index contributed by atoms with van der Waals surface area (Å²) >= 11 is 0. The van der Waals surface area contributed by atoms with Gasteiger partial charge in [0.2, 0.25) is 16.0 Å². The monoisotopic (exact) mass is 482 g/mol. The number of nitrogens with zero attached hydrogens (tertiary/aromatic N) is 1. The van der Waals surface area contributed by atoms with Crippen LogP contribution >= 0.6 is 0 Å². The first-order chi connectivity index (χ1) is 15.6. The largest absolute Gasteiger partial charge is 0.493 e. The lowest BCUT2D eigenvalue weighted by Crippen LogP contribution is -2.42. The van der Waals surface area contributed by atoms with Crippen LogP contribution in [0.25, 0.3) is 0 Å². The number of hydrogen-bond acceptors (Lipinski definition) is 8. The number of nitrogens with one attached hydrogen (secondary N) is 1. The van der Waals surface area contributed by atoms with Gasteiger partial charge in [-0.15, -0.1) is 0 Å². The van der Waals surface area contributed by atoms with Crippen LogP contribution in [0.15, 0.2) is 58.6 Å². The van der Waals surface area contributed by atoms with Gasteiger partial charge in [0.25, 0.3) is 0 Å². The van der Waals surface area contributed by atoms with Crippen molar-refractivity contribution >= 4 is 22.0 Å². The number of aliphatic carboxylic acids is 1. The summed E-state index contributed by atoms with van der Waals surface area (Å²) in [6, 6.07) is 10.00. The Kier molecular flexibility index (Phi) is 9.42. The number of aliphatic hydroxyl groups is 2. The fourth-order valence-electron chi connectivity index (χ4n) is 2.67. The molecule has 0 amide bonds. The van der Waals surface area contributed by atoms with Gasteiger partial charge in [0.15, 0.2) is 6.29 Å². The molecule has 0 saturated heterocycles. The van der Waals surface area contributed by atoms with Crippen LogP contribution in [0.4, 0.5) is 0 Å². The summed E-state index contributed by atoms with van der Waals surface area (Å²) in [5.41, 5.74) is 10.8. The molecule has 0 aliphatic heterocycles. The van der Waals surface area contributed by atoms with Gasteiger partial charge in [0.05, 0.1) is 11.5 Å². The molecule has 0 unspecified atom stereocenters. The number of nitrogens with two attached hydrogens (primary N) is 2. The molecule has 0 spiro atoms. The number of carboxylic acids is 1. The van der Waals surface area contributed by atoms with Gasteiger partial charge in [-0.25, -0.2) is 8.42 Å². The molecule has 2 aromatic carbocycles. The Morgan fingerprint density at radius 1 is 1.09 bits per heavy atom. The lowest BCUT2D eigenvalue weighted by molar-refractivity contribution is -0.138. The molecular weight excluding hydrogens is 456 g/mol. The highest BCUT2D eigenvalue weighted by molar-refractivity contribution is 7.89. The molecule has 0 fully saturated rings. The maximum Gasteiger partial charge on any atom is 0.322 e. The first kappa shape index (κ1) is 25.9. The minimum absolute atomic E-state index is 0.0388. The highest BCUT2D eigenvalue weighted by Crippen LogP contribution is 2.18. The van der Waals surface area contributed by atoms with E-state index in [1.807, 2.05) is 0 Å². The highest BCUT2D eigenvalue weighted by atomic mass is 32.2. The molecule has 0 saturated carbocycles. The lowest BCUT2D eigenvalue weighted by Gasteiger charge is -2.16. The van der Waals surface area contributed by atoms with E-state index in [0.29, 0.717) is 24.3 Å². The van der Waals surface area contributed by atoms with Gasteiger partial charge in [0.1, 0.15) is 18.4 Å². The Hall–Kier alpha value is -3.39. The van der Waals surface area contributed by atoms with Crippen molar-refractivity contribution in [2.45, 2.75) is 30.1 Å². The standard InChI is InChI=1S/C20H26N4O8S/c21-20(22)23-32-10-2-9-31-15-7-5-13(6-8-15)11-17(19(27)28)24-33(29,30)16-4-1-3-14(12-16)18(25)26/h1,3-8,12,17-18,24-26H,2,9-11H2,(H,27,28)(H4,21,22,23)/t17-/m0/s1. The number of guanidine groups is 1. The number of carboxylic acid groups (broad SMARTS) is 1. The molecule has 0 radical (unpaired) electrons. The fraction of sp³-hybridized carbons (Fsp3) is 0.300. The summed E-state index contributed by atoms with van der Waals surface area (Å²) in [7, 11) is -4.23. The second-order valence-corrected chi connectivity index (χ2v) is 8.57. The molecule has 0 heterocycles. The topological polar surface area (TPSA) is 207 Å². The van der Waals surface area contributed by atoms with E-state index in [1.165, 1.54) is 18.2 Å². The lowest BCUT2D eigenvalue weighted by atomic mass is 10.1. The number of hydrogen-bond donors (Lipinski definition) is 6. The Morgan fingerprint density at radius 3 is 2.39 bits per heavy atom. The van der Waals surface area contributed by atoms with E-state index in [4.69, 9.17) is 21.0 Å². The molecule has 8 N–H and O–H groups in total. The van der Waals surface area contributed by atoms with Crippen LogP contribution in [-0.4, -0.2) is 54.9 Å². The molecule has 13 heteroatoms. The van der Waals surface area contributed by atoms with Crippen molar-refractivity contribution in [3.63, 3.8) is 0 Å². The van der Waals surface area contributed by atoms with Crippen molar-refractivity contribution in [2.75, 3.05) is 13.2 Å². The van der Waals surface area contributed by atoms with E-state index in [0.717, 1.165) is 6.07 Å². The van der Waals surface area contributed by atoms with Crippen molar-refractivity contribution in [3.05, 3.63) is 59.7 Å². The van der Waals surface area contributed by atoms with Crippen molar-refractivity contribution in [1.29, 1.82) is 0 Å². The average Bonchev–Trinajstić information content (AvgIpc) is 2.76. The number of carbonyl (C=O) groups is 1. The summed E-state index contributed by atoms with van der Waals surface area (Å²) in [6.07, 6.45) is -1.46. The van der Waals surface area contributed by atoms with E-state index in [1.54, 1.807) is 24.3 Å². The van der Waals surface area contributed by atoms with Crippen LogP contribution in [0.5, 0.6) is 5.75 Å². The second-order valence-electron chi connectivity index (χ2n) is 6.86. The third kappa shape index (κ3) is 8.57. The van der Waals surface area contributed by atoms with Gasteiger partial charge >= 0.3 is 5.97 Å². The zero-order valence-corrected chi connectivity index (χ0v) is 18.3. The molecular formula is C20H26N4O8S. The zero-order valence-electron chi connectivity index (χ0n) is 17.5. The van der Waals surface area contributed by atoms with Gasteiger partial charge in [0, 0.05) is 12.0 Å². The summed E-state index contributed by atoms with van der Waals surface area (Å²) in [5, 5.41) is 31.3. The number of ether oxygens (including phenoxy) is 1. The van der Waals surface area contributed by atoms with Crippen molar-refractivity contribution in [1.82, 2.24) is 4.72 Å². The number of sulfonamides is 1. The molecule has 1 atom stereocenters. The second kappa shape index (κ2) is 12.0. The number of aliphatic hydroxyl groups excluding tert-OH is 1. The minimum atomic E-state index is -4.23. The molecule has 2 rings (SSSR count). The summed E-state index contributed by atoms with van der Waals surface area (Å²) < 4.78 is 32.9.